The molecule has 0 aliphatic carbocycles. The van der Waals surface area contributed by atoms with E-state index in [2.05, 4.69) is 45.1 Å². The molecule has 0 saturated heterocycles. The van der Waals surface area contributed by atoms with E-state index in [0.717, 1.165) is 18.5 Å². The number of nitrogens with zero attached hydrogens (tertiary/aromatic N) is 1. The normalized spacial score (nSPS) is 14.9. The first-order valence-electron chi connectivity index (χ1n) is 7.10. The van der Waals surface area contributed by atoms with Crippen molar-refractivity contribution in [2.24, 2.45) is 5.92 Å². The molecule has 0 radical (unpaired) electrons. The highest BCUT2D eigenvalue weighted by molar-refractivity contribution is 5.20. The van der Waals surface area contributed by atoms with Gasteiger partial charge in [-0.15, -0.1) is 0 Å². The highest BCUT2D eigenvalue weighted by Crippen LogP contribution is 2.19. The molecular formula is C16H27FN2. The van der Waals surface area contributed by atoms with Crippen LogP contribution < -0.4 is 5.32 Å². The molecule has 19 heavy (non-hydrogen) atoms. The van der Waals surface area contributed by atoms with Gasteiger partial charge in [0.1, 0.15) is 5.82 Å². The number of hydrogen-bond donors (Lipinski definition) is 1. The van der Waals surface area contributed by atoms with Gasteiger partial charge in [0.15, 0.2) is 0 Å². The predicted octanol–water partition coefficient (Wildman–Crippen LogP) is 3.45. The first kappa shape index (κ1) is 16.1. The van der Waals surface area contributed by atoms with E-state index in [4.69, 9.17) is 0 Å². The first-order valence-corrected chi connectivity index (χ1v) is 7.10. The molecule has 3 heteroatoms. The van der Waals surface area contributed by atoms with Crippen LogP contribution in [-0.4, -0.2) is 31.6 Å². The molecule has 0 aromatic heterocycles. The van der Waals surface area contributed by atoms with Gasteiger partial charge in [-0.2, -0.15) is 0 Å². The number of benzene rings is 1. The van der Waals surface area contributed by atoms with Crippen LogP contribution in [0.1, 0.15) is 38.8 Å². The maximum absolute atomic E-state index is 13.0. The van der Waals surface area contributed by atoms with Crippen molar-refractivity contribution in [3.8, 4) is 0 Å². The molecule has 0 spiro atoms. The Morgan fingerprint density at radius 2 is 1.74 bits per heavy atom. The van der Waals surface area contributed by atoms with Gasteiger partial charge in [0.25, 0.3) is 0 Å². The molecule has 108 valence electrons. The summed E-state index contributed by atoms with van der Waals surface area (Å²) in [7, 11) is 4.19. The first-order chi connectivity index (χ1) is 8.93. The molecule has 0 fully saturated rings. The van der Waals surface area contributed by atoms with Gasteiger partial charge in [0.05, 0.1) is 0 Å². The van der Waals surface area contributed by atoms with Crippen LogP contribution in [0.25, 0.3) is 0 Å². The van der Waals surface area contributed by atoms with Crippen molar-refractivity contribution in [3.05, 3.63) is 35.6 Å². The fourth-order valence-electron chi connectivity index (χ4n) is 2.25. The summed E-state index contributed by atoms with van der Waals surface area (Å²) in [5.74, 6) is 0.393. The largest absolute Gasteiger partial charge is 0.308 e. The van der Waals surface area contributed by atoms with Crippen molar-refractivity contribution in [1.82, 2.24) is 10.2 Å². The Labute approximate surface area is 117 Å². The molecular weight excluding hydrogens is 239 g/mol. The van der Waals surface area contributed by atoms with E-state index in [0.29, 0.717) is 12.0 Å². The molecule has 1 aromatic carbocycles. The third-order valence-corrected chi connectivity index (χ3v) is 3.46. The molecule has 1 aromatic rings. The number of nitrogens with one attached hydrogen (secondary N) is 1. The summed E-state index contributed by atoms with van der Waals surface area (Å²) in [5.41, 5.74) is 1.16. The van der Waals surface area contributed by atoms with Gasteiger partial charge >= 0.3 is 0 Å². The van der Waals surface area contributed by atoms with Gasteiger partial charge in [-0.25, -0.2) is 4.39 Å². The van der Waals surface area contributed by atoms with Crippen LogP contribution in [-0.2, 0) is 0 Å². The van der Waals surface area contributed by atoms with Gasteiger partial charge in [-0.3, -0.25) is 0 Å². The monoisotopic (exact) mass is 266 g/mol. The molecule has 0 aliphatic heterocycles. The Morgan fingerprint density at radius 1 is 1.16 bits per heavy atom. The molecule has 1 rings (SSSR count). The minimum Gasteiger partial charge on any atom is -0.308 e. The van der Waals surface area contributed by atoms with Crippen LogP contribution in [0.15, 0.2) is 24.3 Å². The van der Waals surface area contributed by atoms with E-state index in [1.54, 1.807) is 0 Å². The summed E-state index contributed by atoms with van der Waals surface area (Å²) >= 11 is 0. The van der Waals surface area contributed by atoms with E-state index in [1.165, 1.54) is 12.1 Å². The lowest BCUT2D eigenvalue weighted by atomic mass is 9.98. The third-order valence-electron chi connectivity index (χ3n) is 3.46. The number of rotatable bonds is 7. The Kier molecular flexibility index (Phi) is 6.46. The lowest BCUT2D eigenvalue weighted by molar-refractivity contribution is 0.267. The zero-order valence-electron chi connectivity index (χ0n) is 12.8. The summed E-state index contributed by atoms with van der Waals surface area (Å²) in [6.07, 6.45) is 1.00. The van der Waals surface area contributed by atoms with Crippen molar-refractivity contribution in [3.63, 3.8) is 0 Å². The van der Waals surface area contributed by atoms with Crippen LogP contribution in [0.2, 0.25) is 0 Å². The van der Waals surface area contributed by atoms with Gasteiger partial charge in [-0.05, 0) is 44.1 Å². The molecule has 2 unspecified atom stereocenters. The molecule has 2 atom stereocenters. The van der Waals surface area contributed by atoms with Crippen molar-refractivity contribution in [2.45, 2.75) is 39.3 Å². The number of likely N-dealkylation sites (N-methyl/N-ethyl adjacent to an activating group) is 1. The average molecular weight is 266 g/mol. The lowest BCUT2D eigenvalue weighted by Gasteiger charge is -2.30. The van der Waals surface area contributed by atoms with Crippen LogP contribution in [0.5, 0.6) is 0 Å². The molecule has 0 saturated carbocycles. The minimum atomic E-state index is -0.174. The van der Waals surface area contributed by atoms with Crippen molar-refractivity contribution in [2.75, 3.05) is 20.6 Å². The van der Waals surface area contributed by atoms with E-state index >= 15 is 0 Å². The highest BCUT2D eigenvalue weighted by atomic mass is 19.1. The molecule has 2 nitrogen and oxygen atoms in total. The van der Waals surface area contributed by atoms with E-state index in [-0.39, 0.29) is 11.9 Å². The maximum Gasteiger partial charge on any atom is 0.123 e. The lowest BCUT2D eigenvalue weighted by Crippen LogP contribution is -2.43. The Morgan fingerprint density at radius 3 is 2.16 bits per heavy atom. The maximum atomic E-state index is 13.0. The SMILES string of the molecule is CCC(NC(CN(C)C)C(C)C)c1ccc(F)cc1. The smallest absolute Gasteiger partial charge is 0.123 e. The summed E-state index contributed by atoms with van der Waals surface area (Å²) in [6, 6.07) is 7.55. The fraction of sp³-hybridized carbons (Fsp3) is 0.625. The van der Waals surface area contributed by atoms with Crippen molar-refractivity contribution < 1.29 is 4.39 Å². The van der Waals surface area contributed by atoms with Gasteiger partial charge in [0, 0.05) is 18.6 Å². The quantitative estimate of drug-likeness (QED) is 0.813. The Balaban J connectivity index is 2.76. The average Bonchev–Trinajstić information content (AvgIpc) is 2.35. The van der Waals surface area contributed by atoms with Gasteiger partial charge in [-0.1, -0.05) is 32.9 Å². The minimum absolute atomic E-state index is 0.174. The zero-order chi connectivity index (χ0) is 14.4. The summed E-state index contributed by atoms with van der Waals surface area (Å²) in [5, 5.41) is 3.71. The number of hydrogen-bond acceptors (Lipinski definition) is 2. The van der Waals surface area contributed by atoms with E-state index in [9.17, 15) is 4.39 Å². The molecule has 0 amide bonds. The summed E-state index contributed by atoms with van der Waals surface area (Å²) < 4.78 is 13.0. The predicted molar refractivity (Wildman–Crippen MR) is 79.7 cm³/mol. The Bertz CT molecular complexity index is 360. The fourth-order valence-corrected chi connectivity index (χ4v) is 2.25. The van der Waals surface area contributed by atoms with Crippen LogP contribution in [0, 0.1) is 11.7 Å². The van der Waals surface area contributed by atoms with E-state index in [1.807, 2.05) is 12.1 Å². The second kappa shape index (κ2) is 7.61. The standard InChI is InChI=1S/C16H27FN2/c1-6-15(13-7-9-14(17)10-8-13)18-16(12(2)3)11-19(4)5/h7-10,12,15-16,18H,6,11H2,1-5H3. The molecule has 0 bridgehead atoms. The molecule has 0 aliphatic rings. The topological polar surface area (TPSA) is 15.3 Å². The summed E-state index contributed by atoms with van der Waals surface area (Å²) in [4.78, 5) is 2.20. The molecule has 1 N–H and O–H groups in total. The van der Waals surface area contributed by atoms with Crippen LogP contribution in [0.4, 0.5) is 4.39 Å². The van der Waals surface area contributed by atoms with Crippen LogP contribution in [0.3, 0.4) is 0 Å². The second-order valence-electron chi connectivity index (χ2n) is 5.79. The number of halogens is 1. The Hall–Kier alpha value is -0.930. The highest BCUT2D eigenvalue weighted by Gasteiger charge is 2.19. The summed E-state index contributed by atoms with van der Waals surface area (Å²) in [6.45, 7) is 7.64. The van der Waals surface area contributed by atoms with Crippen molar-refractivity contribution >= 4 is 0 Å². The second-order valence-corrected chi connectivity index (χ2v) is 5.79. The molecule has 0 heterocycles. The van der Waals surface area contributed by atoms with Gasteiger partial charge in [0.2, 0.25) is 0 Å². The van der Waals surface area contributed by atoms with E-state index < -0.39 is 0 Å². The van der Waals surface area contributed by atoms with Crippen LogP contribution >= 0.6 is 0 Å². The van der Waals surface area contributed by atoms with Gasteiger partial charge < -0.3 is 10.2 Å². The third kappa shape index (κ3) is 5.29. The zero-order valence-corrected chi connectivity index (χ0v) is 12.8. The van der Waals surface area contributed by atoms with Crippen molar-refractivity contribution in [1.29, 1.82) is 0 Å².